The summed E-state index contributed by atoms with van der Waals surface area (Å²) < 4.78 is 5.75. The molecule has 0 amide bonds. The first-order valence-corrected chi connectivity index (χ1v) is 18.6. The molecule has 1 rings (SSSR count). The molecule has 1 aromatic rings. The van der Waals surface area contributed by atoms with E-state index in [4.69, 9.17) is 3.32 Å². The quantitative estimate of drug-likeness (QED) is 0.419. The summed E-state index contributed by atoms with van der Waals surface area (Å²) >= 11 is 7.26. The second-order valence-corrected chi connectivity index (χ2v) is 47.9. The van der Waals surface area contributed by atoms with Gasteiger partial charge in [-0.15, -0.1) is 0 Å². The predicted octanol–water partition coefficient (Wildman–Crippen LogP) is 4.18. The Kier molecular flexibility index (Phi) is 4.97. The van der Waals surface area contributed by atoms with Crippen molar-refractivity contribution in [1.29, 1.82) is 0 Å². The van der Waals surface area contributed by atoms with E-state index < -0.39 is 5.73 Å². The molecule has 0 bridgehead atoms. The maximum atomic E-state index is 5.75. The summed E-state index contributed by atoms with van der Waals surface area (Å²) in [5.74, 6) is 0.991. The molecule has 1 nitrogen and oxygen atoms in total. The number of halogens is 3. The van der Waals surface area contributed by atoms with Crippen LogP contribution in [0.4, 0.5) is 0 Å². The van der Waals surface area contributed by atoms with Crippen LogP contribution in [0.3, 0.4) is 0 Å². The molecule has 0 radical (unpaired) electrons. The van der Waals surface area contributed by atoms with E-state index in [1.807, 2.05) is 30.3 Å². The van der Waals surface area contributed by atoms with Gasteiger partial charge in [0.2, 0.25) is 0 Å². The molecule has 0 fully saturated rings. The molecule has 0 unspecified atom stereocenters. The summed E-state index contributed by atoms with van der Waals surface area (Å²) in [4.78, 5) is 0. The van der Waals surface area contributed by atoms with E-state index in [9.17, 15) is 0 Å². The van der Waals surface area contributed by atoms with Gasteiger partial charge in [-0.2, -0.15) is 0 Å². The van der Waals surface area contributed by atoms with Gasteiger partial charge in [0.05, 0.1) is 0 Å². The zero-order valence-electron chi connectivity index (χ0n) is 5.43. The molecular weight excluding hydrogens is 517 g/mol. The zero-order chi connectivity index (χ0) is 8.32. The topological polar surface area (TPSA) is 9.23 Å². The van der Waals surface area contributed by atoms with Crippen LogP contribution in [0.2, 0.25) is 0 Å². The van der Waals surface area contributed by atoms with E-state index in [2.05, 4.69) is 57.6 Å². The van der Waals surface area contributed by atoms with Crippen molar-refractivity contribution in [3.05, 3.63) is 30.3 Å². The van der Waals surface area contributed by atoms with Gasteiger partial charge in [-0.05, 0) is 0 Å². The Labute approximate surface area is 101 Å². The number of hydrogen-bond acceptors (Lipinski definition) is 1. The van der Waals surface area contributed by atoms with E-state index >= 15 is 0 Å². The first kappa shape index (κ1) is 11.0. The summed E-state index contributed by atoms with van der Waals surface area (Å²) in [7, 11) is 0. The molecular formula is C6H5I3OTi. The summed E-state index contributed by atoms with van der Waals surface area (Å²) in [6, 6.07) is 9.97. The normalized spacial score (nSPS) is 11.2. The monoisotopic (exact) mass is 522 g/mol. The fourth-order valence-electron chi connectivity index (χ4n) is 0.622. The third-order valence-corrected chi connectivity index (χ3v) is 4.43. The fourth-order valence-corrected chi connectivity index (χ4v) is 4.40. The van der Waals surface area contributed by atoms with Crippen LogP contribution in [0.15, 0.2) is 30.3 Å². The number of para-hydroxylation sites is 1. The average molecular weight is 522 g/mol. The van der Waals surface area contributed by atoms with Crippen molar-refractivity contribution in [2.24, 2.45) is 0 Å². The minimum absolute atomic E-state index is 0.991. The second-order valence-electron chi connectivity index (χ2n) is 1.86. The van der Waals surface area contributed by atoms with Gasteiger partial charge in [-0.25, -0.2) is 0 Å². The Bertz CT molecular complexity index is 221. The van der Waals surface area contributed by atoms with Gasteiger partial charge < -0.3 is 0 Å². The van der Waals surface area contributed by atoms with Crippen LogP contribution in [-0.2, 0) is 5.73 Å². The maximum absolute atomic E-state index is 5.75. The van der Waals surface area contributed by atoms with Gasteiger partial charge in [0, 0.05) is 0 Å². The number of hydrogen-bond donors (Lipinski definition) is 0. The van der Waals surface area contributed by atoms with Gasteiger partial charge in [-0.3, -0.25) is 0 Å². The molecule has 1 aromatic carbocycles. The molecule has 11 heavy (non-hydrogen) atoms. The van der Waals surface area contributed by atoms with E-state index in [1.165, 1.54) is 0 Å². The van der Waals surface area contributed by atoms with Crippen molar-refractivity contribution >= 4 is 57.6 Å². The van der Waals surface area contributed by atoms with E-state index in [0.717, 1.165) is 5.75 Å². The predicted molar refractivity (Wildman–Crippen MR) is 69.1 cm³/mol. The van der Waals surface area contributed by atoms with Gasteiger partial charge >= 0.3 is 103 Å². The first-order valence-electron chi connectivity index (χ1n) is 2.89. The van der Waals surface area contributed by atoms with Crippen LogP contribution in [0, 0.1) is 0 Å². The standard InChI is InChI=1S/C6H6O.3HI.Ti/c7-6-4-2-1-3-5-6;;;;/h1-5,7H;3*1H;/q;;;;+4/p-4. The third-order valence-electron chi connectivity index (χ3n) is 0.977. The van der Waals surface area contributed by atoms with Gasteiger partial charge in [0.1, 0.15) is 0 Å². The van der Waals surface area contributed by atoms with E-state index in [-0.39, 0.29) is 0 Å². The Balaban J connectivity index is 2.66. The van der Waals surface area contributed by atoms with Crippen LogP contribution in [0.1, 0.15) is 0 Å². The van der Waals surface area contributed by atoms with Crippen LogP contribution >= 0.6 is 57.6 Å². The van der Waals surface area contributed by atoms with Gasteiger partial charge in [0.25, 0.3) is 0 Å². The molecule has 0 aliphatic rings. The van der Waals surface area contributed by atoms with Crippen molar-refractivity contribution in [2.45, 2.75) is 0 Å². The van der Waals surface area contributed by atoms with E-state index in [1.54, 1.807) is 0 Å². The SMILES string of the molecule is [I][Ti]([I])([I])[O]c1ccccc1. The molecule has 0 spiro atoms. The molecule has 5 heteroatoms. The summed E-state index contributed by atoms with van der Waals surface area (Å²) in [5.41, 5.74) is -1.94. The first-order chi connectivity index (χ1) is 5.08. The fraction of sp³-hybridized carbons (Fsp3) is 0. The number of benzene rings is 1. The Morgan fingerprint density at radius 1 is 1.00 bits per heavy atom. The summed E-state index contributed by atoms with van der Waals surface area (Å²) in [5, 5.41) is 0. The van der Waals surface area contributed by atoms with E-state index in [0.29, 0.717) is 0 Å². The third kappa shape index (κ3) is 5.27. The van der Waals surface area contributed by atoms with Crippen LogP contribution in [-0.4, -0.2) is 0 Å². The summed E-state index contributed by atoms with van der Waals surface area (Å²) in [6.45, 7) is 0. The molecule has 0 aromatic heterocycles. The van der Waals surface area contributed by atoms with Crippen molar-refractivity contribution < 1.29 is 9.05 Å². The molecule has 0 aliphatic heterocycles. The molecule has 0 heterocycles. The van der Waals surface area contributed by atoms with Gasteiger partial charge in [-0.1, -0.05) is 0 Å². The van der Waals surface area contributed by atoms with Crippen molar-refractivity contribution in [3.63, 3.8) is 0 Å². The Morgan fingerprint density at radius 3 is 2.00 bits per heavy atom. The second kappa shape index (κ2) is 4.97. The molecule has 0 atom stereocenters. The molecule has 0 saturated heterocycles. The van der Waals surface area contributed by atoms with Crippen LogP contribution < -0.4 is 3.32 Å². The van der Waals surface area contributed by atoms with Gasteiger partial charge in [0.15, 0.2) is 0 Å². The minimum atomic E-state index is -1.94. The van der Waals surface area contributed by atoms with Crippen LogP contribution in [0.5, 0.6) is 5.75 Å². The average Bonchev–Trinajstić information content (AvgIpc) is 1.85. The Hall–Kier alpha value is 1.92. The van der Waals surface area contributed by atoms with Crippen LogP contribution in [0.25, 0.3) is 0 Å². The van der Waals surface area contributed by atoms with Crippen molar-refractivity contribution in [1.82, 2.24) is 0 Å². The zero-order valence-corrected chi connectivity index (χ0v) is 13.5. The molecule has 0 aliphatic carbocycles. The number of rotatable bonds is 2. The Morgan fingerprint density at radius 2 is 1.55 bits per heavy atom. The molecule has 0 N–H and O–H groups in total. The van der Waals surface area contributed by atoms with Crippen molar-refractivity contribution in [3.8, 4) is 5.75 Å². The summed E-state index contributed by atoms with van der Waals surface area (Å²) in [6.07, 6.45) is 0. The molecule has 60 valence electrons. The molecule has 0 saturated carbocycles. The van der Waals surface area contributed by atoms with Crippen molar-refractivity contribution in [2.75, 3.05) is 0 Å².